The Kier molecular flexibility index (Phi) is 4.44. The van der Waals surface area contributed by atoms with E-state index in [1.807, 2.05) is 36.4 Å². The summed E-state index contributed by atoms with van der Waals surface area (Å²) in [5.74, 6) is 0.954. The van der Waals surface area contributed by atoms with Gasteiger partial charge in [-0.3, -0.25) is 4.79 Å². The SMILES string of the molecule is Cc1cccc(C)c1-c1nc2ccc(C(=O)Cc3ccc4ccccc4c3)cc2[nH]1. The quantitative estimate of drug-likeness (QED) is 0.360. The van der Waals surface area contributed by atoms with Crippen molar-refractivity contribution in [1.82, 2.24) is 9.97 Å². The second kappa shape index (κ2) is 7.27. The van der Waals surface area contributed by atoms with Crippen LogP contribution in [0.1, 0.15) is 27.0 Å². The van der Waals surface area contributed by atoms with E-state index in [2.05, 4.69) is 61.3 Å². The van der Waals surface area contributed by atoms with Crippen LogP contribution in [-0.2, 0) is 6.42 Å². The summed E-state index contributed by atoms with van der Waals surface area (Å²) < 4.78 is 0. The first-order chi connectivity index (χ1) is 14.6. The first-order valence-corrected chi connectivity index (χ1v) is 10.2. The number of aryl methyl sites for hydroxylation is 2. The molecule has 5 aromatic rings. The molecule has 0 unspecified atom stereocenters. The van der Waals surface area contributed by atoms with Gasteiger partial charge in [-0.15, -0.1) is 0 Å². The molecule has 0 amide bonds. The molecule has 3 nitrogen and oxygen atoms in total. The molecule has 0 atom stereocenters. The third kappa shape index (κ3) is 3.29. The molecule has 0 saturated carbocycles. The number of aromatic amines is 1. The van der Waals surface area contributed by atoms with Crippen LogP contribution in [0.3, 0.4) is 0 Å². The Morgan fingerprint density at radius 2 is 1.60 bits per heavy atom. The zero-order chi connectivity index (χ0) is 20.7. The fraction of sp³-hybridized carbons (Fsp3) is 0.111. The monoisotopic (exact) mass is 390 g/mol. The van der Waals surface area contributed by atoms with Gasteiger partial charge in [0.2, 0.25) is 0 Å². The lowest BCUT2D eigenvalue weighted by Crippen LogP contribution is -2.03. The average Bonchev–Trinajstić information content (AvgIpc) is 3.16. The minimum absolute atomic E-state index is 0.107. The predicted octanol–water partition coefficient (Wildman–Crippen LogP) is 6.43. The van der Waals surface area contributed by atoms with Crippen molar-refractivity contribution in [3.63, 3.8) is 0 Å². The molecule has 1 heterocycles. The van der Waals surface area contributed by atoms with E-state index in [1.54, 1.807) is 0 Å². The summed E-state index contributed by atoms with van der Waals surface area (Å²) in [7, 11) is 0. The minimum atomic E-state index is 0.107. The lowest BCUT2D eigenvalue weighted by atomic mass is 10.00. The van der Waals surface area contributed by atoms with E-state index in [-0.39, 0.29) is 5.78 Å². The van der Waals surface area contributed by atoms with E-state index in [9.17, 15) is 4.79 Å². The van der Waals surface area contributed by atoms with Crippen LogP contribution in [0, 0.1) is 13.8 Å². The van der Waals surface area contributed by atoms with Crippen LogP contribution in [0.2, 0.25) is 0 Å². The van der Waals surface area contributed by atoms with Gasteiger partial charge in [0, 0.05) is 17.5 Å². The molecule has 5 rings (SSSR count). The van der Waals surface area contributed by atoms with Gasteiger partial charge in [-0.1, -0.05) is 60.7 Å². The zero-order valence-corrected chi connectivity index (χ0v) is 17.1. The molecular weight excluding hydrogens is 368 g/mol. The van der Waals surface area contributed by atoms with E-state index < -0.39 is 0 Å². The fourth-order valence-corrected chi connectivity index (χ4v) is 4.13. The number of fused-ring (bicyclic) bond motifs is 2. The summed E-state index contributed by atoms with van der Waals surface area (Å²) in [6.07, 6.45) is 0.383. The highest BCUT2D eigenvalue weighted by Crippen LogP contribution is 2.27. The van der Waals surface area contributed by atoms with Gasteiger partial charge in [0.25, 0.3) is 0 Å². The summed E-state index contributed by atoms with van der Waals surface area (Å²) in [6, 6.07) is 26.4. The Labute approximate surface area is 175 Å². The molecule has 0 aliphatic heterocycles. The summed E-state index contributed by atoms with van der Waals surface area (Å²) in [5, 5.41) is 2.34. The van der Waals surface area contributed by atoms with Gasteiger partial charge in [-0.2, -0.15) is 0 Å². The molecule has 1 N–H and O–H groups in total. The van der Waals surface area contributed by atoms with Crippen LogP contribution >= 0.6 is 0 Å². The lowest BCUT2D eigenvalue weighted by molar-refractivity contribution is 0.0993. The van der Waals surface area contributed by atoms with Crippen molar-refractivity contribution >= 4 is 27.6 Å². The Hall–Kier alpha value is -3.72. The minimum Gasteiger partial charge on any atom is -0.338 e. The van der Waals surface area contributed by atoms with E-state index >= 15 is 0 Å². The van der Waals surface area contributed by atoms with Crippen LogP contribution in [0.5, 0.6) is 0 Å². The molecule has 0 spiro atoms. The zero-order valence-electron chi connectivity index (χ0n) is 17.1. The van der Waals surface area contributed by atoms with Gasteiger partial charge in [0.15, 0.2) is 5.78 Å². The second-order valence-corrected chi connectivity index (χ2v) is 7.87. The molecule has 0 bridgehead atoms. The van der Waals surface area contributed by atoms with E-state index in [0.717, 1.165) is 33.4 Å². The van der Waals surface area contributed by atoms with Crippen molar-refractivity contribution in [2.75, 3.05) is 0 Å². The van der Waals surface area contributed by atoms with Gasteiger partial charge in [0.05, 0.1) is 11.0 Å². The molecule has 4 aromatic carbocycles. The number of H-pyrrole nitrogens is 1. The van der Waals surface area contributed by atoms with E-state index in [4.69, 9.17) is 4.98 Å². The van der Waals surface area contributed by atoms with Crippen molar-refractivity contribution in [3.8, 4) is 11.4 Å². The number of aromatic nitrogens is 2. The Bertz CT molecular complexity index is 1390. The summed E-state index contributed by atoms with van der Waals surface area (Å²) in [4.78, 5) is 21.1. The smallest absolute Gasteiger partial charge is 0.167 e. The molecule has 0 aliphatic rings. The average molecular weight is 390 g/mol. The number of nitrogens with one attached hydrogen (secondary N) is 1. The summed E-state index contributed by atoms with van der Waals surface area (Å²) in [6.45, 7) is 4.18. The summed E-state index contributed by atoms with van der Waals surface area (Å²) >= 11 is 0. The maximum Gasteiger partial charge on any atom is 0.167 e. The van der Waals surface area contributed by atoms with Crippen LogP contribution < -0.4 is 0 Å². The largest absolute Gasteiger partial charge is 0.338 e. The van der Waals surface area contributed by atoms with Crippen molar-refractivity contribution in [2.24, 2.45) is 0 Å². The van der Waals surface area contributed by atoms with Crippen molar-refractivity contribution in [2.45, 2.75) is 20.3 Å². The second-order valence-electron chi connectivity index (χ2n) is 7.87. The Morgan fingerprint density at radius 1 is 0.833 bits per heavy atom. The number of carbonyl (C=O) groups excluding carboxylic acids is 1. The van der Waals surface area contributed by atoms with Gasteiger partial charge in [0.1, 0.15) is 5.82 Å². The number of ketones is 1. The van der Waals surface area contributed by atoms with Crippen LogP contribution in [0.4, 0.5) is 0 Å². The standard InChI is InChI=1S/C27H22N2O/c1-17-6-5-7-18(2)26(17)27-28-23-13-12-22(16-24(23)29-27)25(30)15-19-10-11-20-8-3-4-9-21(20)14-19/h3-14,16H,15H2,1-2H3,(H,28,29). The van der Waals surface area contributed by atoms with E-state index in [0.29, 0.717) is 12.0 Å². The summed E-state index contributed by atoms with van der Waals surface area (Å²) in [5.41, 5.74) is 6.97. The third-order valence-electron chi connectivity index (χ3n) is 5.70. The van der Waals surface area contributed by atoms with Gasteiger partial charge >= 0.3 is 0 Å². The molecule has 0 saturated heterocycles. The van der Waals surface area contributed by atoms with Gasteiger partial charge in [-0.05, 0) is 59.5 Å². The topological polar surface area (TPSA) is 45.8 Å². The molecule has 3 heteroatoms. The number of imidazole rings is 1. The lowest BCUT2D eigenvalue weighted by Gasteiger charge is -2.05. The maximum absolute atomic E-state index is 12.9. The van der Waals surface area contributed by atoms with Gasteiger partial charge in [-0.25, -0.2) is 4.98 Å². The van der Waals surface area contributed by atoms with Crippen molar-refractivity contribution in [1.29, 1.82) is 0 Å². The highest BCUT2D eigenvalue weighted by Gasteiger charge is 2.13. The van der Waals surface area contributed by atoms with Crippen LogP contribution in [0.25, 0.3) is 33.2 Å². The van der Waals surface area contributed by atoms with Crippen LogP contribution in [-0.4, -0.2) is 15.8 Å². The highest BCUT2D eigenvalue weighted by molar-refractivity contribution is 6.00. The molecule has 0 aliphatic carbocycles. The third-order valence-corrected chi connectivity index (χ3v) is 5.70. The molecule has 0 fully saturated rings. The number of hydrogen-bond donors (Lipinski definition) is 1. The Morgan fingerprint density at radius 3 is 2.40 bits per heavy atom. The molecule has 0 radical (unpaired) electrons. The maximum atomic E-state index is 12.9. The predicted molar refractivity (Wildman–Crippen MR) is 123 cm³/mol. The Balaban J connectivity index is 1.46. The highest BCUT2D eigenvalue weighted by atomic mass is 16.1. The van der Waals surface area contributed by atoms with Crippen molar-refractivity contribution in [3.05, 3.63) is 101 Å². The first-order valence-electron chi connectivity index (χ1n) is 10.2. The number of Topliss-reactive ketones (excluding diaryl/α,β-unsaturated/α-hetero) is 1. The number of hydrogen-bond acceptors (Lipinski definition) is 2. The molecule has 146 valence electrons. The fourth-order valence-electron chi connectivity index (χ4n) is 4.13. The molecule has 1 aromatic heterocycles. The van der Waals surface area contributed by atoms with E-state index in [1.165, 1.54) is 16.5 Å². The van der Waals surface area contributed by atoms with Gasteiger partial charge < -0.3 is 4.98 Å². The first kappa shape index (κ1) is 18.3. The number of benzene rings is 4. The number of nitrogens with zero attached hydrogens (tertiary/aromatic N) is 1. The number of carbonyl (C=O) groups is 1. The van der Waals surface area contributed by atoms with Crippen LogP contribution in [0.15, 0.2) is 78.9 Å². The number of rotatable bonds is 4. The normalized spacial score (nSPS) is 11.3. The molecular formula is C27H22N2O. The molecule has 30 heavy (non-hydrogen) atoms. The van der Waals surface area contributed by atoms with Crippen molar-refractivity contribution < 1.29 is 4.79 Å².